The van der Waals surface area contributed by atoms with Crippen LogP contribution >= 0.6 is 0 Å². The normalized spacial score (nSPS) is 13.5. The molecule has 0 bridgehead atoms. The number of hydrogen-bond donors (Lipinski definition) is 1. The first-order valence-electron chi connectivity index (χ1n) is 7.39. The Hall–Kier alpha value is -2.04. The molecule has 1 N–H and O–H groups in total. The van der Waals surface area contributed by atoms with Crippen LogP contribution in [0, 0.1) is 0 Å². The number of fused-ring (bicyclic) bond motifs is 1. The van der Waals surface area contributed by atoms with Gasteiger partial charge in [-0.05, 0) is 37.0 Å². The molecule has 0 saturated carbocycles. The highest BCUT2D eigenvalue weighted by atomic mass is 16.5. The van der Waals surface area contributed by atoms with E-state index < -0.39 is 0 Å². The molecule has 0 unspecified atom stereocenters. The zero-order valence-corrected chi connectivity index (χ0v) is 12.6. The van der Waals surface area contributed by atoms with E-state index in [0.29, 0.717) is 18.7 Å². The molecule has 0 atom stereocenters. The van der Waals surface area contributed by atoms with Crippen LogP contribution in [-0.4, -0.2) is 38.6 Å². The van der Waals surface area contributed by atoms with Crippen molar-refractivity contribution in [1.29, 1.82) is 0 Å². The van der Waals surface area contributed by atoms with E-state index in [4.69, 9.17) is 4.74 Å². The maximum atomic E-state index is 11.9. The van der Waals surface area contributed by atoms with Crippen LogP contribution in [0.3, 0.4) is 0 Å². The monoisotopic (exact) mass is 290 g/mol. The molecule has 5 nitrogen and oxygen atoms in total. The molecule has 0 aromatic heterocycles. The maximum absolute atomic E-state index is 11.9. The molecule has 0 aliphatic carbocycles. The Morgan fingerprint density at radius 3 is 2.90 bits per heavy atom. The number of amides is 1. The van der Waals surface area contributed by atoms with Crippen LogP contribution < -0.4 is 10.2 Å². The molecule has 2 rings (SSSR count). The number of esters is 1. The number of hydrogen-bond acceptors (Lipinski definition) is 4. The third kappa shape index (κ3) is 3.54. The van der Waals surface area contributed by atoms with E-state index in [1.807, 2.05) is 24.0 Å². The van der Waals surface area contributed by atoms with Crippen molar-refractivity contribution in [1.82, 2.24) is 5.32 Å². The van der Waals surface area contributed by atoms with E-state index in [1.54, 1.807) is 6.07 Å². The van der Waals surface area contributed by atoms with Gasteiger partial charge >= 0.3 is 5.97 Å². The van der Waals surface area contributed by atoms with Gasteiger partial charge in [0.2, 0.25) is 5.91 Å². The smallest absolute Gasteiger partial charge is 0.338 e. The fraction of sp³-hybridized carbons (Fsp3) is 0.500. The number of nitrogens with one attached hydrogen (secondary N) is 1. The van der Waals surface area contributed by atoms with Crippen LogP contribution in [0.4, 0.5) is 5.69 Å². The average Bonchev–Trinajstić information content (AvgIpc) is 2.52. The third-order valence-corrected chi connectivity index (χ3v) is 3.66. The number of rotatable bonds is 5. The van der Waals surface area contributed by atoms with Crippen molar-refractivity contribution in [2.75, 3.05) is 31.6 Å². The summed E-state index contributed by atoms with van der Waals surface area (Å²) in [4.78, 5) is 25.8. The second-order valence-corrected chi connectivity index (χ2v) is 5.17. The van der Waals surface area contributed by atoms with E-state index in [1.165, 1.54) is 7.11 Å². The van der Waals surface area contributed by atoms with E-state index in [9.17, 15) is 9.59 Å². The summed E-state index contributed by atoms with van der Waals surface area (Å²) >= 11 is 0. The van der Waals surface area contributed by atoms with Gasteiger partial charge in [0.1, 0.15) is 0 Å². The van der Waals surface area contributed by atoms with Gasteiger partial charge in [0.15, 0.2) is 0 Å². The molecule has 1 heterocycles. The predicted molar refractivity (Wildman–Crippen MR) is 81.6 cm³/mol. The lowest BCUT2D eigenvalue weighted by atomic mass is 9.96. The number of ether oxygens (including phenoxy) is 1. The number of methoxy groups -OCH3 is 1. The molecule has 1 aromatic carbocycles. The van der Waals surface area contributed by atoms with E-state index >= 15 is 0 Å². The van der Waals surface area contributed by atoms with Gasteiger partial charge in [-0.15, -0.1) is 0 Å². The van der Waals surface area contributed by atoms with E-state index in [2.05, 4.69) is 5.32 Å². The summed E-state index contributed by atoms with van der Waals surface area (Å²) < 4.78 is 4.84. The summed E-state index contributed by atoms with van der Waals surface area (Å²) in [6, 6.07) is 5.59. The lowest BCUT2D eigenvalue weighted by Crippen LogP contribution is -2.40. The van der Waals surface area contributed by atoms with Gasteiger partial charge in [0.25, 0.3) is 0 Å². The molecule has 0 fully saturated rings. The van der Waals surface area contributed by atoms with Crippen molar-refractivity contribution in [3.05, 3.63) is 29.3 Å². The highest BCUT2D eigenvalue weighted by molar-refractivity contribution is 5.93. The quantitative estimate of drug-likeness (QED) is 0.839. The molecule has 21 heavy (non-hydrogen) atoms. The standard InChI is InChI=1S/C16H22N2O3/c1-3-9-17-15(19)11-18-10-5-7-12-13(16(20)21-2)6-4-8-14(12)18/h4,6,8H,3,5,7,9-11H2,1-2H3,(H,17,19). The highest BCUT2D eigenvalue weighted by Gasteiger charge is 2.23. The molecule has 0 radical (unpaired) electrons. The van der Waals surface area contributed by atoms with Crippen LogP contribution in [0.5, 0.6) is 0 Å². The molecule has 1 aliphatic heterocycles. The Morgan fingerprint density at radius 1 is 1.38 bits per heavy atom. The van der Waals surface area contributed by atoms with Gasteiger partial charge in [-0.3, -0.25) is 4.79 Å². The minimum atomic E-state index is -0.316. The van der Waals surface area contributed by atoms with Crippen molar-refractivity contribution in [2.45, 2.75) is 26.2 Å². The SMILES string of the molecule is CCCNC(=O)CN1CCCc2c(C(=O)OC)cccc21. The predicted octanol–water partition coefficient (Wildman–Crippen LogP) is 1.75. The first-order valence-corrected chi connectivity index (χ1v) is 7.39. The van der Waals surface area contributed by atoms with Gasteiger partial charge in [-0.1, -0.05) is 13.0 Å². The van der Waals surface area contributed by atoms with Gasteiger partial charge in [0.05, 0.1) is 19.2 Å². The molecule has 1 amide bonds. The molecular weight excluding hydrogens is 268 g/mol. The van der Waals surface area contributed by atoms with Gasteiger partial charge in [-0.25, -0.2) is 4.79 Å². The highest BCUT2D eigenvalue weighted by Crippen LogP contribution is 2.30. The topological polar surface area (TPSA) is 58.6 Å². The Balaban J connectivity index is 2.19. The largest absolute Gasteiger partial charge is 0.465 e. The van der Waals surface area contributed by atoms with Gasteiger partial charge in [0, 0.05) is 18.8 Å². The van der Waals surface area contributed by atoms with Crippen LogP contribution in [0.1, 0.15) is 35.7 Å². The summed E-state index contributed by atoms with van der Waals surface area (Å²) in [5.41, 5.74) is 2.56. The third-order valence-electron chi connectivity index (χ3n) is 3.66. The van der Waals surface area contributed by atoms with Crippen molar-refractivity contribution >= 4 is 17.6 Å². The average molecular weight is 290 g/mol. The summed E-state index contributed by atoms with van der Waals surface area (Å²) in [5, 5.41) is 2.89. The zero-order chi connectivity index (χ0) is 15.2. The number of carbonyl (C=O) groups is 2. The lowest BCUT2D eigenvalue weighted by Gasteiger charge is -2.31. The first-order chi connectivity index (χ1) is 10.2. The molecular formula is C16H22N2O3. The first kappa shape index (κ1) is 15.4. The summed E-state index contributed by atoms with van der Waals surface area (Å²) in [7, 11) is 1.39. The number of benzene rings is 1. The molecule has 0 spiro atoms. The van der Waals surface area contributed by atoms with Crippen molar-refractivity contribution < 1.29 is 14.3 Å². The van der Waals surface area contributed by atoms with Crippen LogP contribution in [-0.2, 0) is 16.0 Å². The van der Waals surface area contributed by atoms with Crippen molar-refractivity contribution in [3.63, 3.8) is 0 Å². The summed E-state index contributed by atoms with van der Waals surface area (Å²) in [6.45, 7) is 3.88. The second-order valence-electron chi connectivity index (χ2n) is 5.17. The number of nitrogens with zero attached hydrogens (tertiary/aromatic N) is 1. The number of anilines is 1. The molecule has 1 aliphatic rings. The Bertz CT molecular complexity index is 528. The minimum absolute atomic E-state index is 0.0215. The Kier molecular flexibility index (Phi) is 5.20. The van der Waals surface area contributed by atoms with E-state index in [0.717, 1.165) is 37.1 Å². The van der Waals surface area contributed by atoms with Gasteiger partial charge < -0.3 is 15.0 Å². The maximum Gasteiger partial charge on any atom is 0.338 e. The van der Waals surface area contributed by atoms with Crippen LogP contribution in [0.25, 0.3) is 0 Å². The summed E-state index contributed by atoms with van der Waals surface area (Å²) in [5.74, 6) is -0.294. The Labute approximate surface area is 125 Å². The van der Waals surface area contributed by atoms with Crippen LogP contribution in [0.15, 0.2) is 18.2 Å². The van der Waals surface area contributed by atoms with Crippen LogP contribution in [0.2, 0.25) is 0 Å². The molecule has 0 saturated heterocycles. The summed E-state index contributed by atoms with van der Waals surface area (Å²) in [6.07, 6.45) is 2.70. The second kappa shape index (κ2) is 7.11. The molecule has 1 aromatic rings. The minimum Gasteiger partial charge on any atom is -0.465 e. The number of carbonyl (C=O) groups excluding carboxylic acids is 2. The van der Waals surface area contributed by atoms with Crippen molar-refractivity contribution in [2.24, 2.45) is 0 Å². The van der Waals surface area contributed by atoms with Crippen molar-refractivity contribution in [3.8, 4) is 0 Å². The van der Waals surface area contributed by atoms with Gasteiger partial charge in [-0.2, -0.15) is 0 Å². The fourth-order valence-electron chi connectivity index (χ4n) is 2.66. The zero-order valence-electron chi connectivity index (χ0n) is 12.6. The Morgan fingerprint density at radius 2 is 2.19 bits per heavy atom. The fourth-order valence-corrected chi connectivity index (χ4v) is 2.66. The van der Waals surface area contributed by atoms with E-state index in [-0.39, 0.29) is 11.9 Å². The molecule has 114 valence electrons. The molecule has 5 heteroatoms. The lowest BCUT2D eigenvalue weighted by molar-refractivity contribution is -0.119.